The first-order chi connectivity index (χ1) is 8.56. The molecule has 0 aliphatic carbocycles. The van der Waals surface area contributed by atoms with Crippen LogP contribution in [0.5, 0.6) is 0 Å². The van der Waals surface area contributed by atoms with Crippen LogP contribution in [-0.4, -0.2) is 33.9 Å². The summed E-state index contributed by atoms with van der Waals surface area (Å²) in [6.45, 7) is 8.90. The van der Waals surface area contributed by atoms with Gasteiger partial charge in [0.25, 0.3) is 0 Å². The second-order valence-corrected chi connectivity index (χ2v) is 6.73. The molecule has 4 heteroatoms. The van der Waals surface area contributed by atoms with Crippen LogP contribution in [-0.2, 0) is 6.42 Å². The van der Waals surface area contributed by atoms with Crippen molar-refractivity contribution in [2.45, 2.75) is 57.9 Å². The number of nitrogens with one attached hydrogen (secondary N) is 1. The zero-order valence-corrected chi connectivity index (χ0v) is 13.1. The Morgan fingerprint density at radius 1 is 1.39 bits per heavy atom. The highest BCUT2D eigenvalue weighted by Gasteiger charge is 2.11. The van der Waals surface area contributed by atoms with Crippen molar-refractivity contribution < 1.29 is 0 Å². The predicted octanol–water partition coefficient (Wildman–Crippen LogP) is 3.13. The highest BCUT2D eigenvalue weighted by Crippen LogP contribution is 2.14. The predicted molar refractivity (Wildman–Crippen MR) is 81.4 cm³/mol. The van der Waals surface area contributed by atoms with Gasteiger partial charge in [0.15, 0.2) is 0 Å². The van der Waals surface area contributed by atoms with Gasteiger partial charge in [-0.25, -0.2) is 0 Å². The molecule has 18 heavy (non-hydrogen) atoms. The number of aromatic nitrogens is 2. The minimum absolute atomic E-state index is 0.497. The van der Waals surface area contributed by atoms with Crippen molar-refractivity contribution >= 4 is 11.8 Å². The van der Waals surface area contributed by atoms with Crippen LogP contribution in [0.1, 0.15) is 45.9 Å². The number of thioether (sulfide) groups is 1. The van der Waals surface area contributed by atoms with Crippen LogP contribution in [0.15, 0.2) is 12.3 Å². The SMILES string of the molecule is CCC(C)n1ccc(CC(CSC(C)C)NC)n1. The molecule has 0 saturated carbocycles. The second kappa shape index (κ2) is 7.85. The van der Waals surface area contributed by atoms with E-state index < -0.39 is 0 Å². The van der Waals surface area contributed by atoms with Crippen molar-refractivity contribution in [3.63, 3.8) is 0 Å². The molecule has 3 nitrogen and oxygen atoms in total. The molecule has 1 aromatic heterocycles. The molecule has 0 fully saturated rings. The lowest BCUT2D eigenvalue weighted by Gasteiger charge is -2.16. The molecular weight excluding hydrogens is 242 g/mol. The first-order valence-electron chi connectivity index (χ1n) is 6.89. The first kappa shape index (κ1) is 15.6. The van der Waals surface area contributed by atoms with E-state index in [0.29, 0.717) is 17.3 Å². The van der Waals surface area contributed by atoms with Crippen LogP contribution in [0.4, 0.5) is 0 Å². The summed E-state index contributed by atoms with van der Waals surface area (Å²) in [5.74, 6) is 1.14. The third-order valence-electron chi connectivity index (χ3n) is 3.20. The maximum Gasteiger partial charge on any atom is 0.0640 e. The van der Waals surface area contributed by atoms with Crippen LogP contribution < -0.4 is 5.32 Å². The van der Waals surface area contributed by atoms with E-state index in [9.17, 15) is 0 Å². The third kappa shape index (κ3) is 5.02. The highest BCUT2D eigenvalue weighted by molar-refractivity contribution is 7.99. The summed E-state index contributed by atoms with van der Waals surface area (Å²) in [5.41, 5.74) is 1.19. The van der Waals surface area contributed by atoms with Gasteiger partial charge in [-0.1, -0.05) is 20.8 Å². The van der Waals surface area contributed by atoms with Crippen molar-refractivity contribution in [3.05, 3.63) is 18.0 Å². The van der Waals surface area contributed by atoms with E-state index in [1.807, 2.05) is 18.8 Å². The topological polar surface area (TPSA) is 29.9 Å². The van der Waals surface area contributed by atoms with Gasteiger partial charge in [0.05, 0.1) is 5.69 Å². The molecule has 2 unspecified atom stereocenters. The Hall–Kier alpha value is -0.480. The summed E-state index contributed by atoms with van der Waals surface area (Å²) in [6, 6.07) is 3.16. The molecule has 0 saturated heterocycles. The van der Waals surface area contributed by atoms with Gasteiger partial charge in [-0.2, -0.15) is 16.9 Å². The molecule has 1 heterocycles. The number of hydrogen-bond donors (Lipinski definition) is 1. The minimum atomic E-state index is 0.497. The van der Waals surface area contributed by atoms with E-state index in [1.54, 1.807) is 0 Å². The van der Waals surface area contributed by atoms with E-state index in [2.05, 4.69) is 55.1 Å². The van der Waals surface area contributed by atoms with Crippen LogP contribution in [0.2, 0.25) is 0 Å². The largest absolute Gasteiger partial charge is 0.316 e. The minimum Gasteiger partial charge on any atom is -0.316 e. The Morgan fingerprint density at radius 3 is 2.67 bits per heavy atom. The molecule has 0 radical (unpaired) electrons. The van der Waals surface area contributed by atoms with Crippen molar-refractivity contribution in [1.82, 2.24) is 15.1 Å². The summed E-state index contributed by atoms with van der Waals surface area (Å²) in [4.78, 5) is 0. The summed E-state index contributed by atoms with van der Waals surface area (Å²) in [5, 5.41) is 8.74. The number of likely N-dealkylation sites (N-methyl/N-ethyl adjacent to an activating group) is 1. The quantitative estimate of drug-likeness (QED) is 0.786. The molecule has 1 rings (SSSR count). The fraction of sp³-hybridized carbons (Fsp3) is 0.786. The van der Waals surface area contributed by atoms with Crippen molar-refractivity contribution in [2.75, 3.05) is 12.8 Å². The van der Waals surface area contributed by atoms with Gasteiger partial charge in [-0.3, -0.25) is 4.68 Å². The monoisotopic (exact) mass is 269 g/mol. The van der Waals surface area contributed by atoms with Gasteiger partial charge in [-0.15, -0.1) is 0 Å². The lowest BCUT2D eigenvalue weighted by molar-refractivity contribution is 0.470. The summed E-state index contributed by atoms with van der Waals surface area (Å²) in [7, 11) is 2.04. The Morgan fingerprint density at radius 2 is 2.11 bits per heavy atom. The highest BCUT2D eigenvalue weighted by atomic mass is 32.2. The number of nitrogens with zero attached hydrogens (tertiary/aromatic N) is 2. The smallest absolute Gasteiger partial charge is 0.0640 e. The van der Waals surface area contributed by atoms with Gasteiger partial charge in [-0.05, 0) is 31.7 Å². The maximum atomic E-state index is 4.66. The molecule has 1 N–H and O–H groups in total. The molecular formula is C14H27N3S. The van der Waals surface area contributed by atoms with Gasteiger partial charge in [0.1, 0.15) is 0 Å². The van der Waals surface area contributed by atoms with E-state index in [0.717, 1.165) is 18.6 Å². The van der Waals surface area contributed by atoms with Crippen LogP contribution in [0.25, 0.3) is 0 Å². The number of rotatable bonds is 8. The molecule has 0 spiro atoms. The Labute approximate surface area is 116 Å². The lowest BCUT2D eigenvalue weighted by atomic mass is 10.2. The fourth-order valence-corrected chi connectivity index (χ4v) is 2.63. The Bertz CT molecular complexity index is 336. The molecule has 0 bridgehead atoms. The average molecular weight is 269 g/mol. The molecule has 0 aliphatic heterocycles. The van der Waals surface area contributed by atoms with Crippen molar-refractivity contribution in [1.29, 1.82) is 0 Å². The second-order valence-electron chi connectivity index (χ2n) is 5.12. The van der Waals surface area contributed by atoms with E-state index in [1.165, 1.54) is 5.69 Å². The third-order valence-corrected chi connectivity index (χ3v) is 4.46. The normalized spacial score (nSPS) is 15.0. The van der Waals surface area contributed by atoms with E-state index in [-0.39, 0.29) is 0 Å². The van der Waals surface area contributed by atoms with Crippen LogP contribution >= 0.6 is 11.8 Å². The van der Waals surface area contributed by atoms with Crippen LogP contribution in [0, 0.1) is 0 Å². The van der Waals surface area contributed by atoms with E-state index in [4.69, 9.17) is 0 Å². The van der Waals surface area contributed by atoms with Gasteiger partial charge < -0.3 is 5.32 Å². The van der Waals surface area contributed by atoms with Crippen LogP contribution in [0.3, 0.4) is 0 Å². The number of hydrogen-bond acceptors (Lipinski definition) is 3. The van der Waals surface area contributed by atoms with Crippen molar-refractivity contribution in [3.8, 4) is 0 Å². The lowest BCUT2D eigenvalue weighted by Crippen LogP contribution is -2.30. The van der Waals surface area contributed by atoms with Gasteiger partial charge >= 0.3 is 0 Å². The molecule has 0 amide bonds. The maximum absolute atomic E-state index is 4.66. The summed E-state index contributed by atoms with van der Waals surface area (Å²) in [6.07, 6.45) is 4.24. The summed E-state index contributed by atoms with van der Waals surface area (Å²) >= 11 is 2.00. The van der Waals surface area contributed by atoms with Gasteiger partial charge in [0.2, 0.25) is 0 Å². The molecule has 2 atom stereocenters. The average Bonchev–Trinajstić information content (AvgIpc) is 2.81. The fourth-order valence-electron chi connectivity index (χ4n) is 1.72. The van der Waals surface area contributed by atoms with Gasteiger partial charge in [0, 0.05) is 30.5 Å². The molecule has 1 aromatic rings. The standard InChI is InChI=1S/C14H27N3S/c1-6-12(4)17-8-7-13(16-17)9-14(15-5)10-18-11(2)3/h7-8,11-12,14-15H,6,9-10H2,1-5H3. The first-order valence-corrected chi connectivity index (χ1v) is 7.94. The molecule has 0 aromatic carbocycles. The van der Waals surface area contributed by atoms with E-state index >= 15 is 0 Å². The Balaban J connectivity index is 2.51. The molecule has 0 aliphatic rings. The zero-order valence-electron chi connectivity index (χ0n) is 12.3. The van der Waals surface area contributed by atoms with Crippen molar-refractivity contribution in [2.24, 2.45) is 0 Å². The zero-order chi connectivity index (χ0) is 13.5. The Kier molecular flexibility index (Phi) is 6.79. The molecule has 104 valence electrons. The summed E-state index contributed by atoms with van der Waals surface area (Å²) < 4.78 is 2.08.